The van der Waals surface area contributed by atoms with Gasteiger partial charge in [-0.25, -0.2) is 0 Å². The number of hydrogen-bond acceptors (Lipinski definition) is 5. The van der Waals surface area contributed by atoms with E-state index in [-0.39, 0.29) is 29.8 Å². The predicted molar refractivity (Wildman–Crippen MR) is 107 cm³/mol. The number of hydrogen-bond donors (Lipinski definition) is 1. The van der Waals surface area contributed by atoms with Crippen molar-refractivity contribution in [3.05, 3.63) is 34.9 Å². The van der Waals surface area contributed by atoms with E-state index in [4.69, 9.17) is 22.1 Å². The Balaban J connectivity index is 1.46. The number of carbonyl (C=O) groups is 3. The molecular formula is C21H26ClN3O4. The van der Waals surface area contributed by atoms with Crippen molar-refractivity contribution >= 4 is 29.9 Å². The van der Waals surface area contributed by atoms with Crippen LogP contribution in [0.2, 0.25) is 5.02 Å². The van der Waals surface area contributed by atoms with Gasteiger partial charge in [-0.1, -0.05) is 23.7 Å². The number of nitrogens with zero attached hydrogens (tertiary/aromatic N) is 2. The molecule has 3 fully saturated rings. The summed E-state index contributed by atoms with van der Waals surface area (Å²) in [5, 5.41) is 0.697. The number of amides is 2. The lowest BCUT2D eigenvalue weighted by molar-refractivity contribution is -0.156. The molecule has 1 aromatic rings. The van der Waals surface area contributed by atoms with Gasteiger partial charge in [0.05, 0.1) is 6.54 Å². The Labute approximate surface area is 175 Å². The highest BCUT2D eigenvalue weighted by Gasteiger charge is 2.49. The lowest BCUT2D eigenvalue weighted by Crippen LogP contribution is -2.61. The first kappa shape index (κ1) is 20.2. The molecule has 8 heteroatoms. The van der Waals surface area contributed by atoms with Crippen LogP contribution in [-0.4, -0.2) is 65.9 Å². The zero-order valence-electron chi connectivity index (χ0n) is 16.3. The number of piperazine rings is 1. The second-order valence-corrected chi connectivity index (χ2v) is 8.78. The maximum atomic E-state index is 13.1. The highest BCUT2D eigenvalue weighted by molar-refractivity contribution is 6.30. The maximum absolute atomic E-state index is 13.1. The molecule has 2 heterocycles. The third kappa shape index (κ3) is 3.62. The fourth-order valence-electron chi connectivity index (χ4n) is 5.20. The van der Waals surface area contributed by atoms with Crippen LogP contribution in [0.15, 0.2) is 24.3 Å². The van der Waals surface area contributed by atoms with Crippen molar-refractivity contribution in [2.24, 2.45) is 5.73 Å². The van der Waals surface area contributed by atoms with Crippen molar-refractivity contribution < 1.29 is 19.1 Å². The summed E-state index contributed by atoms with van der Waals surface area (Å²) in [7, 11) is 0. The van der Waals surface area contributed by atoms with Crippen molar-refractivity contribution in [2.75, 3.05) is 19.6 Å². The summed E-state index contributed by atoms with van der Waals surface area (Å²) in [4.78, 5) is 39.6. The van der Waals surface area contributed by atoms with E-state index in [0.717, 1.165) is 31.2 Å². The van der Waals surface area contributed by atoms with Crippen molar-refractivity contribution in [2.45, 2.75) is 55.7 Å². The molecule has 29 heavy (non-hydrogen) atoms. The van der Waals surface area contributed by atoms with Gasteiger partial charge in [0.25, 0.3) is 6.47 Å². The molecule has 0 spiro atoms. The Bertz CT molecular complexity index is 809. The van der Waals surface area contributed by atoms with E-state index >= 15 is 0 Å². The van der Waals surface area contributed by atoms with Crippen LogP contribution in [0.1, 0.15) is 37.7 Å². The van der Waals surface area contributed by atoms with E-state index < -0.39 is 12.1 Å². The summed E-state index contributed by atoms with van der Waals surface area (Å²) >= 11 is 6.19. The summed E-state index contributed by atoms with van der Waals surface area (Å²) in [6.07, 6.45) is 3.26. The average Bonchev–Trinajstić information content (AvgIpc) is 3.16. The lowest BCUT2D eigenvalue weighted by atomic mass is 9.68. The van der Waals surface area contributed by atoms with Crippen LogP contribution in [0.5, 0.6) is 0 Å². The molecule has 2 amide bonds. The highest BCUT2D eigenvalue weighted by Crippen LogP contribution is 2.41. The Hall–Kier alpha value is -2.12. The fraction of sp³-hybridized carbons (Fsp3) is 0.571. The third-order valence-electron chi connectivity index (χ3n) is 6.89. The molecule has 7 nitrogen and oxygen atoms in total. The molecule has 0 radical (unpaired) electrons. The molecule has 2 N–H and O–H groups in total. The van der Waals surface area contributed by atoms with Gasteiger partial charge in [-0.15, -0.1) is 0 Å². The lowest BCUT2D eigenvalue weighted by Gasteiger charge is -2.46. The van der Waals surface area contributed by atoms with E-state index in [2.05, 4.69) is 6.07 Å². The van der Waals surface area contributed by atoms with Gasteiger partial charge < -0.3 is 20.3 Å². The fourth-order valence-corrected chi connectivity index (χ4v) is 5.39. The van der Waals surface area contributed by atoms with E-state index in [9.17, 15) is 14.4 Å². The van der Waals surface area contributed by atoms with Crippen LogP contribution in [0.4, 0.5) is 0 Å². The summed E-state index contributed by atoms with van der Waals surface area (Å²) in [5.74, 6) is -0.105. The molecule has 1 aromatic carbocycles. The van der Waals surface area contributed by atoms with Crippen molar-refractivity contribution in [3.8, 4) is 0 Å². The first-order chi connectivity index (χ1) is 14.0. The molecular weight excluding hydrogens is 394 g/mol. The minimum atomic E-state index is -0.518. The number of carbonyl (C=O) groups excluding carboxylic acids is 3. The van der Waals surface area contributed by atoms with Gasteiger partial charge in [-0.2, -0.15) is 0 Å². The first-order valence-electron chi connectivity index (χ1n) is 10.1. The molecule has 0 aromatic heterocycles. The Morgan fingerprint density at radius 1 is 1.24 bits per heavy atom. The largest absolute Gasteiger partial charge is 0.463 e. The monoisotopic (exact) mass is 419 g/mol. The average molecular weight is 420 g/mol. The summed E-state index contributed by atoms with van der Waals surface area (Å²) in [6.45, 7) is 1.31. The maximum Gasteiger partial charge on any atom is 0.293 e. The Kier molecular flexibility index (Phi) is 5.53. The molecule has 3 aliphatic rings. The van der Waals surface area contributed by atoms with E-state index in [1.165, 1.54) is 0 Å². The molecule has 156 valence electrons. The topological polar surface area (TPSA) is 92.9 Å². The second kappa shape index (κ2) is 7.95. The molecule has 1 aliphatic carbocycles. The van der Waals surface area contributed by atoms with E-state index in [1.807, 2.05) is 18.2 Å². The quantitative estimate of drug-likeness (QED) is 0.729. The molecule has 2 aliphatic heterocycles. The van der Waals surface area contributed by atoms with Gasteiger partial charge >= 0.3 is 0 Å². The standard InChI is InChI=1S/C21H26ClN3O4/c22-15-3-1-2-14(8-15)21(12-23)6-4-16(5-7-21)24-11-19(27)25-10-17(29-13-26)9-18(25)20(24)28/h1-3,8,13,16-18H,4-7,9-12,23H2/t16-,17-,18+,21+/m1/s1. The molecule has 2 saturated heterocycles. The van der Waals surface area contributed by atoms with Gasteiger partial charge in [0, 0.05) is 29.4 Å². The van der Waals surface area contributed by atoms with Crippen LogP contribution in [0, 0.1) is 0 Å². The molecule has 1 saturated carbocycles. The van der Waals surface area contributed by atoms with Crippen molar-refractivity contribution in [1.29, 1.82) is 0 Å². The molecule has 0 unspecified atom stereocenters. The minimum Gasteiger partial charge on any atom is -0.463 e. The van der Waals surface area contributed by atoms with Crippen molar-refractivity contribution in [3.63, 3.8) is 0 Å². The Morgan fingerprint density at radius 2 is 2.00 bits per heavy atom. The van der Waals surface area contributed by atoms with Gasteiger partial charge in [-0.3, -0.25) is 14.4 Å². The predicted octanol–water partition coefficient (Wildman–Crippen LogP) is 1.46. The van der Waals surface area contributed by atoms with Crippen LogP contribution in [0.3, 0.4) is 0 Å². The Morgan fingerprint density at radius 3 is 2.66 bits per heavy atom. The summed E-state index contributed by atoms with van der Waals surface area (Å²) in [5.41, 5.74) is 7.18. The molecule has 2 atom stereocenters. The molecule has 0 bridgehead atoms. The van der Waals surface area contributed by atoms with Gasteiger partial charge in [0.15, 0.2) is 0 Å². The number of nitrogens with two attached hydrogens (primary N) is 1. The van der Waals surface area contributed by atoms with Gasteiger partial charge in [-0.05, 0) is 43.4 Å². The van der Waals surface area contributed by atoms with Gasteiger partial charge in [0.2, 0.25) is 11.8 Å². The van der Waals surface area contributed by atoms with E-state index in [1.54, 1.807) is 9.80 Å². The zero-order chi connectivity index (χ0) is 20.6. The van der Waals surface area contributed by atoms with Crippen LogP contribution in [0.25, 0.3) is 0 Å². The summed E-state index contributed by atoms with van der Waals surface area (Å²) < 4.78 is 5.00. The van der Waals surface area contributed by atoms with Crippen molar-refractivity contribution in [1.82, 2.24) is 9.80 Å². The minimum absolute atomic E-state index is 0.0264. The number of halogens is 1. The normalized spacial score (nSPS) is 32.3. The van der Waals surface area contributed by atoms with E-state index in [0.29, 0.717) is 31.0 Å². The van der Waals surface area contributed by atoms with Crippen LogP contribution < -0.4 is 5.73 Å². The summed E-state index contributed by atoms with van der Waals surface area (Å²) in [6, 6.07) is 7.36. The SMILES string of the molecule is NC[C@]1(c2cccc(Cl)c2)CC[C@@H](N2CC(=O)N3C[C@H](OC=O)C[C@H]3C2=O)CC1. The third-order valence-corrected chi connectivity index (χ3v) is 7.12. The zero-order valence-corrected chi connectivity index (χ0v) is 17.0. The first-order valence-corrected chi connectivity index (χ1v) is 10.5. The number of benzene rings is 1. The number of rotatable bonds is 5. The van der Waals surface area contributed by atoms with Gasteiger partial charge in [0.1, 0.15) is 18.7 Å². The number of ether oxygens (including phenoxy) is 1. The highest BCUT2D eigenvalue weighted by atomic mass is 35.5. The number of fused-ring (bicyclic) bond motifs is 1. The second-order valence-electron chi connectivity index (χ2n) is 8.34. The van der Waals surface area contributed by atoms with Crippen LogP contribution >= 0.6 is 11.6 Å². The smallest absolute Gasteiger partial charge is 0.293 e. The molecule has 4 rings (SSSR count). The van der Waals surface area contributed by atoms with Crippen LogP contribution in [-0.2, 0) is 24.5 Å².